The SMILES string of the molecule is CC(NS(=O)(=O)CCc1ccccn1)c1ncc[nH]1. The van der Waals surface area contributed by atoms with Crippen molar-refractivity contribution in [1.29, 1.82) is 0 Å². The number of aromatic nitrogens is 3. The Balaban J connectivity index is 1.92. The molecule has 102 valence electrons. The van der Waals surface area contributed by atoms with Crippen molar-refractivity contribution in [2.24, 2.45) is 0 Å². The third kappa shape index (κ3) is 4.15. The van der Waals surface area contributed by atoms with Crippen molar-refractivity contribution in [3.8, 4) is 0 Å². The number of H-pyrrole nitrogens is 1. The lowest BCUT2D eigenvalue weighted by atomic mass is 10.3. The highest BCUT2D eigenvalue weighted by Gasteiger charge is 2.17. The van der Waals surface area contributed by atoms with Crippen LogP contribution in [0.1, 0.15) is 24.5 Å². The van der Waals surface area contributed by atoms with E-state index < -0.39 is 10.0 Å². The molecule has 0 amide bonds. The molecular formula is C12H16N4O2S. The Bertz CT molecular complexity index is 596. The maximum atomic E-state index is 11.9. The number of nitrogens with one attached hydrogen (secondary N) is 2. The van der Waals surface area contributed by atoms with Gasteiger partial charge in [-0.15, -0.1) is 0 Å². The molecule has 0 fully saturated rings. The lowest BCUT2D eigenvalue weighted by Crippen LogP contribution is -2.30. The number of pyridine rings is 1. The lowest BCUT2D eigenvalue weighted by Gasteiger charge is -2.11. The summed E-state index contributed by atoms with van der Waals surface area (Å²) in [5, 5.41) is 0. The number of hydrogen-bond acceptors (Lipinski definition) is 4. The minimum Gasteiger partial charge on any atom is -0.347 e. The van der Waals surface area contributed by atoms with Crippen LogP contribution in [0.25, 0.3) is 0 Å². The maximum Gasteiger partial charge on any atom is 0.212 e. The Labute approximate surface area is 112 Å². The van der Waals surface area contributed by atoms with Crippen LogP contribution >= 0.6 is 0 Å². The molecule has 19 heavy (non-hydrogen) atoms. The van der Waals surface area contributed by atoms with Gasteiger partial charge in [0.2, 0.25) is 10.0 Å². The van der Waals surface area contributed by atoms with E-state index in [9.17, 15) is 8.42 Å². The molecule has 2 aromatic heterocycles. The van der Waals surface area contributed by atoms with Crippen LogP contribution in [0.4, 0.5) is 0 Å². The van der Waals surface area contributed by atoms with E-state index in [2.05, 4.69) is 19.7 Å². The summed E-state index contributed by atoms with van der Waals surface area (Å²) >= 11 is 0. The molecule has 0 aromatic carbocycles. The van der Waals surface area contributed by atoms with E-state index in [1.807, 2.05) is 12.1 Å². The van der Waals surface area contributed by atoms with Crippen molar-refractivity contribution in [1.82, 2.24) is 19.7 Å². The minimum absolute atomic E-state index is 0.00899. The van der Waals surface area contributed by atoms with Crippen molar-refractivity contribution in [2.75, 3.05) is 5.75 Å². The number of rotatable bonds is 6. The number of sulfonamides is 1. The number of hydrogen-bond donors (Lipinski definition) is 2. The van der Waals surface area contributed by atoms with Crippen LogP contribution < -0.4 is 4.72 Å². The summed E-state index contributed by atoms with van der Waals surface area (Å²) in [7, 11) is -3.36. The predicted molar refractivity (Wildman–Crippen MR) is 71.9 cm³/mol. The largest absolute Gasteiger partial charge is 0.347 e. The fourth-order valence-corrected chi connectivity index (χ4v) is 2.93. The molecule has 0 saturated heterocycles. The number of imidazole rings is 1. The molecule has 1 atom stereocenters. The van der Waals surface area contributed by atoms with Gasteiger partial charge in [0, 0.05) is 30.7 Å². The zero-order chi connectivity index (χ0) is 13.7. The van der Waals surface area contributed by atoms with Crippen LogP contribution in [0, 0.1) is 0 Å². The monoisotopic (exact) mass is 280 g/mol. The Morgan fingerprint density at radius 3 is 2.79 bits per heavy atom. The van der Waals surface area contributed by atoms with Crippen LogP contribution in [-0.4, -0.2) is 29.1 Å². The van der Waals surface area contributed by atoms with Crippen LogP contribution in [0.3, 0.4) is 0 Å². The van der Waals surface area contributed by atoms with Gasteiger partial charge < -0.3 is 4.98 Å². The third-order valence-corrected chi connectivity index (χ3v) is 4.09. The van der Waals surface area contributed by atoms with Gasteiger partial charge in [-0.1, -0.05) is 6.07 Å². The first kappa shape index (κ1) is 13.7. The highest BCUT2D eigenvalue weighted by molar-refractivity contribution is 7.89. The summed E-state index contributed by atoms with van der Waals surface area (Å²) < 4.78 is 26.4. The summed E-state index contributed by atoms with van der Waals surface area (Å²) in [6.07, 6.45) is 5.30. The van der Waals surface area contributed by atoms with Crippen LogP contribution in [0.5, 0.6) is 0 Å². The normalized spacial score (nSPS) is 13.3. The molecule has 2 N–H and O–H groups in total. The quantitative estimate of drug-likeness (QED) is 0.827. The second-order valence-corrected chi connectivity index (χ2v) is 6.08. The molecule has 0 aliphatic carbocycles. The smallest absolute Gasteiger partial charge is 0.212 e. The molecule has 0 spiro atoms. The molecule has 0 saturated carbocycles. The molecular weight excluding hydrogens is 264 g/mol. The molecule has 2 rings (SSSR count). The first-order valence-corrected chi connectivity index (χ1v) is 7.61. The zero-order valence-electron chi connectivity index (χ0n) is 10.6. The molecule has 2 aromatic rings. The van der Waals surface area contributed by atoms with E-state index in [1.54, 1.807) is 31.6 Å². The van der Waals surface area contributed by atoms with E-state index in [-0.39, 0.29) is 11.8 Å². The van der Waals surface area contributed by atoms with Crippen molar-refractivity contribution in [3.05, 3.63) is 48.3 Å². The van der Waals surface area contributed by atoms with Gasteiger partial charge in [-0.2, -0.15) is 0 Å². The highest BCUT2D eigenvalue weighted by atomic mass is 32.2. The van der Waals surface area contributed by atoms with Crippen molar-refractivity contribution in [3.63, 3.8) is 0 Å². The average Bonchev–Trinajstić information content (AvgIpc) is 2.91. The first-order valence-electron chi connectivity index (χ1n) is 5.96. The van der Waals surface area contributed by atoms with Gasteiger partial charge in [-0.05, 0) is 19.1 Å². The van der Waals surface area contributed by atoms with Gasteiger partial charge in [-0.3, -0.25) is 4.98 Å². The highest BCUT2D eigenvalue weighted by Crippen LogP contribution is 2.08. The molecule has 6 nitrogen and oxygen atoms in total. The molecule has 0 aliphatic heterocycles. The number of aryl methyl sites for hydroxylation is 1. The van der Waals surface area contributed by atoms with E-state index in [0.29, 0.717) is 12.2 Å². The molecule has 0 bridgehead atoms. The molecule has 1 unspecified atom stereocenters. The van der Waals surface area contributed by atoms with E-state index in [4.69, 9.17) is 0 Å². The Morgan fingerprint density at radius 1 is 1.32 bits per heavy atom. The molecule has 0 aliphatic rings. The molecule has 0 radical (unpaired) electrons. The van der Waals surface area contributed by atoms with Crippen molar-refractivity contribution < 1.29 is 8.42 Å². The van der Waals surface area contributed by atoms with Crippen molar-refractivity contribution >= 4 is 10.0 Å². The predicted octanol–water partition coefficient (Wildman–Crippen LogP) is 1.03. The molecule has 7 heteroatoms. The van der Waals surface area contributed by atoms with Gasteiger partial charge in [-0.25, -0.2) is 18.1 Å². The van der Waals surface area contributed by atoms with Gasteiger partial charge in [0.1, 0.15) is 5.82 Å². The fraction of sp³-hybridized carbons (Fsp3) is 0.333. The van der Waals surface area contributed by atoms with E-state index >= 15 is 0 Å². The van der Waals surface area contributed by atoms with E-state index in [1.165, 1.54) is 0 Å². The minimum atomic E-state index is -3.36. The van der Waals surface area contributed by atoms with Gasteiger partial charge in [0.15, 0.2) is 0 Å². The summed E-state index contributed by atoms with van der Waals surface area (Å²) in [6.45, 7) is 1.75. The number of nitrogens with zero attached hydrogens (tertiary/aromatic N) is 2. The van der Waals surface area contributed by atoms with Crippen LogP contribution in [0.2, 0.25) is 0 Å². The summed E-state index contributed by atoms with van der Waals surface area (Å²) in [5.41, 5.74) is 0.763. The van der Waals surface area contributed by atoms with Gasteiger partial charge in [0.05, 0.1) is 11.8 Å². The summed E-state index contributed by atoms with van der Waals surface area (Å²) in [6, 6.07) is 5.08. The summed E-state index contributed by atoms with van der Waals surface area (Å²) in [5.74, 6) is 0.608. The van der Waals surface area contributed by atoms with Crippen LogP contribution in [0.15, 0.2) is 36.8 Å². The maximum absolute atomic E-state index is 11.9. The second kappa shape index (κ2) is 5.94. The fourth-order valence-electron chi connectivity index (χ4n) is 1.68. The first-order chi connectivity index (χ1) is 9.07. The topological polar surface area (TPSA) is 87.7 Å². The Kier molecular flexibility index (Phi) is 4.28. The number of aromatic amines is 1. The second-order valence-electron chi connectivity index (χ2n) is 4.20. The van der Waals surface area contributed by atoms with Crippen molar-refractivity contribution in [2.45, 2.75) is 19.4 Å². The Hall–Kier alpha value is -1.73. The van der Waals surface area contributed by atoms with Gasteiger partial charge >= 0.3 is 0 Å². The van der Waals surface area contributed by atoms with Crippen LogP contribution in [-0.2, 0) is 16.4 Å². The standard InChI is InChI=1S/C12H16N4O2S/c1-10(12-14-7-8-15-12)16-19(17,18)9-5-11-4-2-3-6-13-11/h2-4,6-8,10,16H,5,9H2,1H3,(H,14,15). The average molecular weight is 280 g/mol. The van der Waals surface area contributed by atoms with Gasteiger partial charge in [0.25, 0.3) is 0 Å². The van der Waals surface area contributed by atoms with E-state index in [0.717, 1.165) is 5.69 Å². The zero-order valence-corrected chi connectivity index (χ0v) is 11.4. The lowest BCUT2D eigenvalue weighted by molar-refractivity contribution is 0.560. The Morgan fingerprint density at radius 2 is 2.16 bits per heavy atom. The summed E-state index contributed by atoms with van der Waals surface area (Å²) in [4.78, 5) is 11.0. The molecule has 2 heterocycles. The third-order valence-electron chi connectivity index (χ3n) is 2.64.